The summed E-state index contributed by atoms with van der Waals surface area (Å²) in [5.74, 6) is 0.0396. The second-order valence-electron chi connectivity index (χ2n) is 8.78. The van der Waals surface area contributed by atoms with Crippen molar-refractivity contribution in [3.63, 3.8) is 0 Å². The molecule has 182 valence electrons. The molecule has 4 heterocycles. The summed E-state index contributed by atoms with van der Waals surface area (Å²) in [7, 11) is -3.79. The molecule has 34 heavy (non-hydrogen) atoms. The molecule has 0 bridgehead atoms. The lowest BCUT2D eigenvalue weighted by Crippen LogP contribution is -2.51. The van der Waals surface area contributed by atoms with E-state index >= 15 is 0 Å². The number of anilines is 1. The van der Waals surface area contributed by atoms with Gasteiger partial charge in [-0.05, 0) is 50.0 Å². The van der Waals surface area contributed by atoms with Crippen LogP contribution >= 0.6 is 0 Å². The Morgan fingerprint density at radius 2 is 1.85 bits per heavy atom. The van der Waals surface area contributed by atoms with Crippen LogP contribution in [0.5, 0.6) is 0 Å². The van der Waals surface area contributed by atoms with Gasteiger partial charge in [0.1, 0.15) is 0 Å². The first-order valence-corrected chi connectivity index (χ1v) is 12.4. The van der Waals surface area contributed by atoms with Gasteiger partial charge >= 0.3 is 6.18 Å². The number of piperidine rings is 1. The number of hydrogen-bond acceptors (Lipinski definition) is 7. The number of alkyl halides is 3. The van der Waals surface area contributed by atoms with Crippen LogP contribution in [0, 0.1) is 5.92 Å². The molecule has 0 saturated carbocycles. The van der Waals surface area contributed by atoms with Gasteiger partial charge in [0.2, 0.25) is 0 Å². The Morgan fingerprint density at radius 1 is 1.15 bits per heavy atom. The van der Waals surface area contributed by atoms with Gasteiger partial charge in [0.05, 0.1) is 29.5 Å². The molecule has 0 spiro atoms. The molecule has 3 N–H and O–H groups in total. The van der Waals surface area contributed by atoms with Gasteiger partial charge in [0, 0.05) is 23.7 Å². The van der Waals surface area contributed by atoms with Crippen molar-refractivity contribution in [2.24, 2.45) is 11.7 Å². The van der Waals surface area contributed by atoms with Crippen molar-refractivity contribution in [3.8, 4) is 0 Å². The van der Waals surface area contributed by atoms with E-state index in [1.807, 2.05) is 5.01 Å². The van der Waals surface area contributed by atoms with Crippen LogP contribution in [0.25, 0.3) is 11.0 Å². The van der Waals surface area contributed by atoms with Gasteiger partial charge in [-0.2, -0.15) is 13.2 Å². The number of aromatic nitrogens is 2. The topological polar surface area (TPSA) is 96.5 Å². The quantitative estimate of drug-likeness (QED) is 0.563. The fourth-order valence-corrected chi connectivity index (χ4v) is 6.11. The molecule has 2 aliphatic rings. The molecule has 2 aliphatic heterocycles. The Bertz CT molecular complexity index is 1290. The molecule has 0 radical (unpaired) electrons. The monoisotopic (exact) mass is 494 g/mol. The minimum atomic E-state index is -4.20. The van der Waals surface area contributed by atoms with Crippen molar-refractivity contribution < 1.29 is 21.6 Å². The Balaban J connectivity index is 1.33. The maximum Gasteiger partial charge on any atom is 0.401 e. The molecule has 8 nitrogen and oxygen atoms in total. The number of likely N-dealkylation sites (tertiary alicyclic amines) is 1. The summed E-state index contributed by atoms with van der Waals surface area (Å²) in [4.78, 5) is 5.99. The third-order valence-corrected chi connectivity index (χ3v) is 8.24. The minimum Gasteiger partial charge on any atom is -0.315 e. The average Bonchev–Trinajstić information content (AvgIpc) is 3.43. The van der Waals surface area contributed by atoms with Gasteiger partial charge in [0.15, 0.2) is 5.65 Å². The van der Waals surface area contributed by atoms with Crippen molar-refractivity contribution in [1.82, 2.24) is 18.9 Å². The van der Waals surface area contributed by atoms with E-state index in [9.17, 15) is 21.6 Å². The molecule has 1 saturated heterocycles. The number of pyridine rings is 1. The number of nitrogens with one attached hydrogen (secondary N) is 1. The summed E-state index contributed by atoms with van der Waals surface area (Å²) in [6.07, 6.45) is -0.357. The van der Waals surface area contributed by atoms with Crippen LogP contribution in [0.2, 0.25) is 0 Å². The molecule has 2 aromatic heterocycles. The van der Waals surface area contributed by atoms with Crippen LogP contribution in [0.15, 0.2) is 53.7 Å². The van der Waals surface area contributed by atoms with Gasteiger partial charge < -0.3 is 11.2 Å². The van der Waals surface area contributed by atoms with Gasteiger partial charge in [-0.3, -0.25) is 4.90 Å². The summed E-state index contributed by atoms with van der Waals surface area (Å²) in [5.41, 5.74) is 11.7. The van der Waals surface area contributed by atoms with E-state index in [0.29, 0.717) is 43.5 Å². The van der Waals surface area contributed by atoms with E-state index in [1.54, 1.807) is 30.5 Å². The molecule has 0 amide bonds. The van der Waals surface area contributed by atoms with Crippen LogP contribution in [-0.2, 0) is 16.6 Å². The third-order valence-electron chi connectivity index (χ3n) is 6.56. The van der Waals surface area contributed by atoms with Gasteiger partial charge in [0.25, 0.3) is 10.0 Å². The number of hydrogen-bond donors (Lipinski definition) is 2. The predicted octanol–water partition coefficient (Wildman–Crippen LogP) is 2.97. The third kappa shape index (κ3) is 4.26. The zero-order valence-corrected chi connectivity index (χ0v) is 19.1. The molecular weight excluding hydrogens is 469 g/mol. The molecule has 1 atom stereocenters. The van der Waals surface area contributed by atoms with Crippen molar-refractivity contribution in [2.45, 2.75) is 36.6 Å². The molecular formula is C22H25F3N6O2S. The van der Waals surface area contributed by atoms with Gasteiger partial charge in [-0.25, -0.2) is 22.4 Å². The molecule has 12 heteroatoms. The highest BCUT2D eigenvalue weighted by Gasteiger charge is 2.36. The summed E-state index contributed by atoms with van der Waals surface area (Å²) in [5, 5.41) is 2.57. The molecule has 5 rings (SSSR count). The number of rotatable bonds is 5. The maximum atomic E-state index is 13.1. The van der Waals surface area contributed by atoms with Gasteiger partial charge in [-0.15, -0.1) is 0 Å². The van der Waals surface area contributed by atoms with Crippen LogP contribution < -0.4 is 11.2 Å². The fourth-order valence-electron chi connectivity index (χ4n) is 4.79. The highest BCUT2D eigenvalue weighted by atomic mass is 32.2. The summed E-state index contributed by atoms with van der Waals surface area (Å²) < 4.78 is 65.4. The molecule has 1 unspecified atom stereocenters. The van der Waals surface area contributed by atoms with E-state index in [2.05, 4.69) is 10.4 Å². The zero-order chi connectivity index (χ0) is 24.1. The van der Waals surface area contributed by atoms with E-state index in [-0.39, 0.29) is 10.8 Å². The van der Waals surface area contributed by atoms with Crippen LogP contribution in [0.4, 0.5) is 18.9 Å². The first kappa shape index (κ1) is 23.1. The molecule has 0 aliphatic carbocycles. The fraction of sp³-hybridized carbons (Fsp3) is 0.409. The Morgan fingerprint density at radius 3 is 2.53 bits per heavy atom. The second kappa shape index (κ2) is 8.52. The number of nitrogens with zero attached hydrogens (tertiary/aromatic N) is 4. The largest absolute Gasteiger partial charge is 0.401 e. The van der Waals surface area contributed by atoms with E-state index in [0.717, 1.165) is 11.3 Å². The second-order valence-corrected chi connectivity index (χ2v) is 10.6. The zero-order valence-electron chi connectivity index (χ0n) is 18.2. The number of hydrazine groups is 1. The first-order valence-electron chi connectivity index (χ1n) is 11.0. The van der Waals surface area contributed by atoms with Crippen molar-refractivity contribution in [2.75, 3.05) is 25.1 Å². The van der Waals surface area contributed by atoms with E-state index < -0.39 is 28.9 Å². The smallest absolute Gasteiger partial charge is 0.315 e. The predicted molar refractivity (Wildman–Crippen MR) is 121 cm³/mol. The lowest BCUT2D eigenvalue weighted by molar-refractivity contribution is -0.149. The number of halogens is 3. The van der Waals surface area contributed by atoms with Crippen molar-refractivity contribution in [1.29, 1.82) is 0 Å². The van der Waals surface area contributed by atoms with E-state index in [4.69, 9.17) is 5.73 Å². The Labute approximate surface area is 195 Å². The number of benzene rings is 1. The Kier molecular flexibility index (Phi) is 5.79. The lowest BCUT2D eigenvalue weighted by Gasteiger charge is -2.38. The van der Waals surface area contributed by atoms with Crippen LogP contribution in [0.3, 0.4) is 0 Å². The minimum absolute atomic E-state index is 0.0396. The van der Waals surface area contributed by atoms with Crippen molar-refractivity contribution in [3.05, 3.63) is 54.4 Å². The molecule has 1 aromatic carbocycles. The highest BCUT2D eigenvalue weighted by molar-refractivity contribution is 7.90. The number of nitrogens with two attached hydrogens (primary N) is 1. The Hall–Kier alpha value is -2.67. The van der Waals surface area contributed by atoms with Gasteiger partial charge in [-0.1, -0.05) is 18.2 Å². The van der Waals surface area contributed by atoms with E-state index in [1.165, 1.54) is 27.2 Å². The molecule has 3 aromatic rings. The molecule has 1 fully saturated rings. The van der Waals surface area contributed by atoms with Crippen LogP contribution in [-0.4, -0.2) is 59.3 Å². The summed E-state index contributed by atoms with van der Waals surface area (Å²) in [6, 6.07) is 9.89. The average molecular weight is 495 g/mol. The normalized spacial score (nSPS) is 19.3. The summed E-state index contributed by atoms with van der Waals surface area (Å²) in [6.45, 7) is 0.248. The standard InChI is InChI=1S/C22H25F3N6O2S/c23-22(24,25)14-29-9-6-15(7-10-29)20(26)30-13-18-17-8-11-31(21(17)27-12-19(18)28-30)34(32,33)16-4-2-1-3-5-16/h1-5,8,11-12,15,20,28H,6-7,9-10,13-14,26H2. The SMILES string of the molecule is NC(C1CCN(CC(F)(F)F)CC1)N1Cc2c(cnc3c2ccn3S(=O)(=O)c2ccccc2)N1. The highest BCUT2D eigenvalue weighted by Crippen LogP contribution is 2.35. The van der Waals surface area contributed by atoms with Crippen molar-refractivity contribution >= 4 is 26.7 Å². The maximum absolute atomic E-state index is 13.1. The first-order chi connectivity index (χ1) is 16.1. The number of fused-ring (bicyclic) bond motifs is 3. The lowest BCUT2D eigenvalue weighted by atomic mass is 9.93. The van der Waals surface area contributed by atoms with Crippen LogP contribution in [0.1, 0.15) is 18.4 Å². The summed E-state index contributed by atoms with van der Waals surface area (Å²) >= 11 is 0.